The molecule has 0 bridgehead atoms. The molecule has 0 saturated carbocycles. The third-order valence-electron chi connectivity index (χ3n) is 3.99. The first kappa shape index (κ1) is 16.0. The Morgan fingerprint density at radius 1 is 1.06 bits per heavy atom. The van der Waals surface area contributed by atoms with Gasteiger partial charge in [0.25, 0.3) is 0 Å². The Bertz CT molecular complexity index is 176. The monoisotopic (exact) mass is 256 g/mol. The highest BCUT2D eigenvalue weighted by molar-refractivity contribution is 4.66. The van der Waals surface area contributed by atoms with Crippen LogP contribution in [0.1, 0.15) is 84.0 Å². The van der Waals surface area contributed by atoms with E-state index < -0.39 is 0 Å². The van der Waals surface area contributed by atoms with Crippen molar-refractivity contribution in [3.8, 4) is 0 Å². The zero-order valence-corrected chi connectivity index (χ0v) is 12.2. The number of hydrogen-bond acceptors (Lipinski definition) is 2. The highest BCUT2D eigenvalue weighted by Crippen LogP contribution is 2.19. The highest BCUT2D eigenvalue weighted by atomic mass is 16.5. The Kier molecular flexibility index (Phi) is 9.59. The van der Waals surface area contributed by atoms with Crippen LogP contribution >= 0.6 is 0 Å². The van der Waals surface area contributed by atoms with Crippen molar-refractivity contribution in [2.75, 3.05) is 6.61 Å². The predicted octanol–water partition coefficient (Wildman–Crippen LogP) is 4.45. The van der Waals surface area contributed by atoms with Crippen LogP contribution in [0.25, 0.3) is 0 Å². The van der Waals surface area contributed by atoms with Gasteiger partial charge in [0.05, 0.1) is 12.2 Å². The molecular formula is C16H32O2. The van der Waals surface area contributed by atoms with Gasteiger partial charge in [0, 0.05) is 6.61 Å². The van der Waals surface area contributed by atoms with E-state index in [1.807, 2.05) is 0 Å². The van der Waals surface area contributed by atoms with E-state index in [2.05, 4.69) is 6.92 Å². The summed E-state index contributed by atoms with van der Waals surface area (Å²) in [6.07, 6.45) is 14.9. The van der Waals surface area contributed by atoms with E-state index in [0.717, 1.165) is 25.9 Å². The molecule has 0 spiro atoms. The topological polar surface area (TPSA) is 29.5 Å². The lowest BCUT2D eigenvalue weighted by molar-refractivity contribution is 0.00158. The van der Waals surface area contributed by atoms with E-state index in [4.69, 9.17) is 4.74 Å². The number of hydrogen-bond donors (Lipinski definition) is 1. The summed E-state index contributed by atoms with van der Waals surface area (Å²) >= 11 is 0. The molecule has 1 aliphatic heterocycles. The van der Waals surface area contributed by atoms with E-state index >= 15 is 0 Å². The van der Waals surface area contributed by atoms with Crippen molar-refractivity contribution < 1.29 is 9.84 Å². The fraction of sp³-hybridized carbons (Fsp3) is 1.00. The third-order valence-corrected chi connectivity index (χ3v) is 3.99. The minimum Gasteiger partial charge on any atom is -0.393 e. The Morgan fingerprint density at radius 2 is 1.83 bits per heavy atom. The molecule has 18 heavy (non-hydrogen) atoms. The molecule has 1 heterocycles. The van der Waals surface area contributed by atoms with E-state index in [9.17, 15) is 5.11 Å². The molecule has 2 atom stereocenters. The number of ether oxygens (including phenoxy) is 1. The molecule has 1 aliphatic rings. The highest BCUT2D eigenvalue weighted by Gasteiger charge is 2.15. The molecule has 1 N–H and O–H groups in total. The maximum absolute atomic E-state index is 9.93. The van der Waals surface area contributed by atoms with Crippen LogP contribution in [0.2, 0.25) is 0 Å². The minimum atomic E-state index is -0.0956. The molecule has 0 amide bonds. The largest absolute Gasteiger partial charge is 0.393 e. The van der Waals surface area contributed by atoms with Gasteiger partial charge in [0.15, 0.2) is 0 Å². The van der Waals surface area contributed by atoms with Crippen LogP contribution < -0.4 is 0 Å². The maximum Gasteiger partial charge on any atom is 0.0576 e. The zero-order valence-electron chi connectivity index (χ0n) is 12.2. The number of aliphatic hydroxyl groups is 1. The molecule has 2 nitrogen and oxygen atoms in total. The van der Waals surface area contributed by atoms with Gasteiger partial charge in [-0.15, -0.1) is 0 Å². The predicted molar refractivity (Wildman–Crippen MR) is 76.8 cm³/mol. The van der Waals surface area contributed by atoms with Crippen LogP contribution in [0.4, 0.5) is 0 Å². The smallest absolute Gasteiger partial charge is 0.0576 e. The average Bonchev–Trinajstić information content (AvgIpc) is 2.41. The summed E-state index contributed by atoms with van der Waals surface area (Å²) in [4.78, 5) is 0. The van der Waals surface area contributed by atoms with E-state index in [-0.39, 0.29) is 6.10 Å². The van der Waals surface area contributed by atoms with Crippen molar-refractivity contribution in [2.45, 2.75) is 96.2 Å². The van der Waals surface area contributed by atoms with Gasteiger partial charge in [-0.3, -0.25) is 0 Å². The van der Waals surface area contributed by atoms with Gasteiger partial charge < -0.3 is 9.84 Å². The Balaban J connectivity index is 1.88. The molecule has 0 aromatic carbocycles. The van der Waals surface area contributed by atoms with Crippen LogP contribution in [0.15, 0.2) is 0 Å². The second-order valence-corrected chi connectivity index (χ2v) is 5.78. The average molecular weight is 256 g/mol. The number of aliphatic hydroxyl groups excluding tert-OH is 1. The van der Waals surface area contributed by atoms with Crippen molar-refractivity contribution in [3.05, 3.63) is 0 Å². The summed E-state index contributed by atoms with van der Waals surface area (Å²) in [5.74, 6) is 0. The van der Waals surface area contributed by atoms with Crippen molar-refractivity contribution in [3.63, 3.8) is 0 Å². The van der Waals surface area contributed by atoms with Gasteiger partial charge in [0.2, 0.25) is 0 Å². The first-order valence-corrected chi connectivity index (χ1v) is 8.12. The first-order valence-electron chi connectivity index (χ1n) is 8.12. The summed E-state index contributed by atoms with van der Waals surface area (Å²) in [7, 11) is 0. The van der Waals surface area contributed by atoms with Crippen LogP contribution in [-0.4, -0.2) is 23.9 Å². The van der Waals surface area contributed by atoms with Crippen molar-refractivity contribution >= 4 is 0 Å². The molecular weight excluding hydrogens is 224 g/mol. The quantitative estimate of drug-likeness (QED) is 0.585. The van der Waals surface area contributed by atoms with Crippen molar-refractivity contribution in [1.82, 2.24) is 0 Å². The van der Waals surface area contributed by atoms with Gasteiger partial charge in [-0.05, 0) is 38.5 Å². The third kappa shape index (κ3) is 8.10. The summed E-state index contributed by atoms with van der Waals surface area (Å²) in [5.41, 5.74) is 0. The lowest BCUT2D eigenvalue weighted by atomic mass is 10.00. The van der Waals surface area contributed by atoms with E-state index in [1.54, 1.807) is 0 Å². The molecule has 1 fully saturated rings. The van der Waals surface area contributed by atoms with Crippen molar-refractivity contribution in [2.24, 2.45) is 0 Å². The lowest BCUT2D eigenvalue weighted by Crippen LogP contribution is -2.21. The Morgan fingerprint density at radius 3 is 2.56 bits per heavy atom. The lowest BCUT2D eigenvalue weighted by Gasteiger charge is -2.23. The second kappa shape index (κ2) is 10.8. The fourth-order valence-electron chi connectivity index (χ4n) is 2.72. The molecule has 0 aromatic rings. The summed E-state index contributed by atoms with van der Waals surface area (Å²) in [5, 5.41) is 9.93. The first-order chi connectivity index (χ1) is 8.83. The minimum absolute atomic E-state index is 0.0956. The van der Waals surface area contributed by atoms with Gasteiger partial charge in [-0.1, -0.05) is 45.4 Å². The standard InChI is InChI=1S/C16H32O2/c1-2-3-4-5-6-7-10-15(17)12-13-16-11-8-9-14-18-16/h15-17H,2-14H2,1H3. The molecule has 2 heteroatoms. The fourth-order valence-corrected chi connectivity index (χ4v) is 2.72. The molecule has 0 aliphatic carbocycles. The van der Waals surface area contributed by atoms with Crippen LogP contribution in [-0.2, 0) is 4.74 Å². The summed E-state index contributed by atoms with van der Waals surface area (Å²) < 4.78 is 5.69. The van der Waals surface area contributed by atoms with Crippen LogP contribution in [0.3, 0.4) is 0 Å². The van der Waals surface area contributed by atoms with Crippen LogP contribution in [0, 0.1) is 0 Å². The number of rotatable bonds is 10. The van der Waals surface area contributed by atoms with Crippen molar-refractivity contribution in [1.29, 1.82) is 0 Å². The zero-order chi connectivity index (χ0) is 13.1. The second-order valence-electron chi connectivity index (χ2n) is 5.78. The van der Waals surface area contributed by atoms with Crippen LogP contribution in [0.5, 0.6) is 0 Å². The molecule has 2 unspecified atom stereocenters. The van der Waals surface area contributed by atoms with Gasteiger partial charge in [-0.25, -0.2) is 0 Å². The molecule has 0 radical (unpaired) electrons. The van der Waals surface area contributed by atoms with Gasteiger partial charge in [0.1, 0.15) is 0 Å². The normalized spacial score (nSPS) is 22.0. The Hall–Kier alpha value is -0.0800. The van der Waals surface area contributed by atoms with Gasteiger partial charge >= 0.3 is 0 Å². The van der Waals surface area contributed by atoms with Gasteiger partial charge in [-0.2, -0.15) is 0 Å². The molecule has 108 valence electrons. The summed E-state index contributed by atoms with van der Waals surface area (Å²) in [6.45, 7) is 3.18. The number of unbranched alkanes of at least 4 members (excludes halogenated alkanes) is 5. The molecule has 1 rings (SSSR count). The van der Waals surface area contributed by atoms with E-state index in [0.29, 0.717) is 6.10 Å². The maximum atomic E-state index is 9.93. The molecule has 1 saturated heterocycles. The summed E-state index contributed by atoms with van der Waals surface area (Å²) in [6, 6.07) is 0. The molecule has 0 aromatic heterocycles. The van der Waals surface area contributed by atoms with E-state index in [1.165, 1.54) is 57.8 Å². The Labute approximate surface area is 113 Å². The SMILES string of the molecule is CCCCCCCCC(O)CCC1CCCCO1.